The van der Waals surface area contributed by atoms with Gasteiger partial charge in [0.05, 0.1) is 5.69 Å². The number of aromatic nitrogens is 4. The SMILES string of the molecule is Cc1ccc(N2C(=O)C[C@H](Sc3nnc4nc(C)cc(C)n34)C2=O)cc1. The highest BCUT2D eigenvalue weighted by Crippen LogP contribution is 2.33. The molecular weight excluding hydrogens is 350 g/mol. The van der Waals surface area contributed by atoms with Crippen LogP contribution in [0.2, 0.25) is 0 Å². The Morgan fingerprint density at radius 2 is 1.81 bits per heavy atom. The van der Waals surface area contributed by atoms with Crippen molar-refractivity contribution in [3.63, 3.8) is 0 Å². The largest absolute Gasteiger partial charge is 0.274 e. The van der Waals surface area contributed by atoms with Crippen molar-refractivity contribution in [3.8, 4) is 0 Å². The number of aryl methyl sites for hydroxylation is 3. The molecule has 0 N–H and O–H groups in total. The highest BCUT2D eigenvalue weighted by Gasteiger charge is 2.41. The Kier molecular flexibility index (Phi) is 3.99. The lowest BCUT2D eigenvalue weighted by molar-refractivity contribution is -0.121. The fourth-order valence-electron chi connectivity index (χ4n) is 3.07. The van der Waals surface area contributed by atoms with E-state index in [1.807, 2.05) is 43.4 Å². The lowest BCUT2D eigenvalue weighted by Gasteiger charge is -2.15. The number of carbonyl (C=O) groups is 2. The van der Waals surface area contributed by atoms with Crippen LogP contribution >= 0.6 is 11.8 Å². The fourth-order valence-corrected chi connectivity index (χ4v) is 4.17. The van der Waals surface area contributed by atoms with E-state index in [0.29, 0.717) is 16.6 Å². The van der Waals surface area contributed by atoms with E-state index >= 15 is 0 Å². The maximum Gasteiger partial charge on any atom is 0.256 e. The van der Waals surface area contributed by atoms with E-state index in [-0.39, 0.29) is 18.2 Å². The number of amides is 2. The Hall–Kier alpha value is -2.74. The number of hydrogen-bond donors (Lipinski definition) is 0. The van der Waals surface area contributed by atoms with Gasteiger partial charge in [-0.2, -0.15) is 0 Å². The van der Waals surface area contributed by atoms with Crippen LogP contribution < -0.4 is 4.90 Å². The number of imide groups is 1. The second kappa shape index (κ2) is 6.21. The Morgan fingerprint density at radius 3 is 2.54 bits per heavy atom. The second-order valence-electron chi connectivity index (χ2n) is 6.37. The average molecular weight is 367 g/mol. The second-order valence-corrected chi connectivity index (χ2v) is 7.54. The monoisotopic (exact) mass is 367 g/mol. The van der Waals surface area contributed by atoms with Crippen molar-refractivity contribution in [1.82, 2.24) is 19.6 Å². The van der Waals surface area contributed by atoms with Gasteiger partial charge >= 0.3 is 0 Å². The zero-order valence-corrected chi connectivity index (χ0v) is 15.4. The summed E-state index contributed by atoms with van der Waals surface area (Å²) in [6.45, 7) is 5.80. The molecule has 0 radical (unpaired) electrons. The molecule has 3 aromatic rings. The number of thioether (sulfide) groups is 1. The number of rotatable bonds is 3. The summed E-state index contributed by atoms with van der Waals surface area (Å²) in [6.07, 6.45) is 0.143. The predicted molar refractivity (Wildman–Crippen MR) is 98.2 cm³/mol. The lowest BCUT2D eigenvalue weighted by atomic mass is 10.2. The Labute approximate surface area is 154 Å². The Morgan fingerprint density at radius 1 is 1.08 bits per heavy atom. The summed E-state index contributed by atoms with van der Waals surface area (Å²) in [5.41, 5.74) is 3.48. The maximum absolute atomic E-state index is 12.8. The van der Waals surface area contributed by atoms with Crippen LogP contribution in [0, 0.1) is 20.8 Å². The minimum Gasteiger partial charge on any atom is -0.274 e. The molecule has 7 nitrogen and oxygen atoms in total. The normalized spacial score (nSPS) is 17.5. The minimum absolute atomic E-state index is 0.143. The molecule has 0 saturated carbocycles. The quantitative estimate of drug-likeness (QED) is 0.662. The first kappa shape index (κ1) is 16.7. The zero-order valence-electron chi connectivity index (χ0n) is 14.6. The molecule has 1 fully saturated rings. The van der Waals surface area contributed by atoms with Crippen LogP contribution in [0.15, 0.2) is 35.5 Å². The highest BCUT2D eigenvalue weighted by molar-refractivity contribution is 8.00. The smallest absolute Gasteiger partial charge is 0.256 e. The number of anilines is 1. The molecule has 0 unspecified atom stereocenters. The van der Waals surface area contributed by atoms with Gasteiger partial charge < -0.3 is 0 Å². The molecule has 0 bridgehead atoms. The van der Waals surface area contributed by atoms with Gasteiger partial charge in [-0.15, -0.1) is 10.2 Å². The summed E-state index contributed by atoms with van der Waals surface area (Å²) in [5, 5.41) is 8.30. The summed E-state index contributed by atoms with van der Waals surface area (Å²) in [6, 6.07) is 9.29. The van der Waals surface area contributed by atoms with Gasteiger partial charge in [-0.05, 0) is 39.0 Å². The van der Waals surface area contributed by atoms with Gasteiger partial charge in [0.25, 0.3) is 5.78 Å². The summed E-state index contributed by atoms with van der Waals surface area (Å²) in [4.78, 5) is 30.8. The topological polar surface area (TPSA) is 80.5 Å². The fraction of sp³-hybridized carbons (Fsp3) is 0.278. The Balaban J connectivity index is 1.63. The standard InChI is InChI=1S/C18H17N5O2S/c1-10-4-6-13(7-5-10)23-15(24)9-14(16(23)25)26-18-21-20-17-19-11(2)8-12(3)22(17)18/h4-8,14H,9H2,1-3H3/t14-/m0/s1. The molecular formula is C18H17N5O2S. The van der Waals surface area contributed by atoms with Crippen molar-refractivity contribution >= 4 is 35.0 Å². The maximum atomic E-state index is 12.8. The van der Waals surface area contributed by atoms with E-state index in [1.54, 1.807) is 12.1 Å². The van der Waals surface area contributed by atoms with E-state index in [2.05, 4.69) is 15.2 Å². The van der Waals surface area contributed by atoms with Gasteiger partial charge in [-0.1, -0.05) is 29.5 Å². The molecule has 0 spiro atoms. The number of carbonyl (C=O) groups excluding carboxylic acids is 2. The van der Waals surface area contributed by atoms with Crippen LogP contribution in [0.3, 0.4) is 0 Å². The number of hydrogen-bond acceptors (Lipinski definition) is 6. The molecule has 132 valence electrons. The van der Waals surface area contributed by atoms with Crippen molar-refractivity contribution < 1.29 is 9.59 Å². The first-order valence-electron chi connectivity index (χ1n) is 8.23. The van der Waals surface area contributed by atoms with Crippen LogP contribution in [0.5, 0.6) is 0 Å². The van der Waals surface area contributed by atoms with E-state index in [4.69, 9.17) is 0 Å². The molecule has 1 aromatic carbocycles. The third-order valence-electron chi connectivity index (χ3n) is 4.31. The van der Waals surface area contributed by atoms with E-state index in [9.17, 15) is 9.59 Å². The third-order valence-corrected chi connectivity index (χ3v) is 5.44. The molecule has 1 aliphatic heterocycles. The third kappa shape index (κ3) is 2.76. The van der Waals surface area contributed by atoms with E-state index < -0.39 is 5.25 Å². The van der Waals surface area contributed by atoms with Gasteiger partial charge in [0.1, 0.15) is 5.25 Å². The van der Waals surface area contributed by atoms with Crippen LogP contribution in [0.1, 0.15) is 23.4 Å². The van der Waals surface area contributed by atoms with E-state index in [0.717, 1.165) is 17.0 Å². The van der Waals surface area contributed by atoms with Gasteiger partial charge in [-0.3, -0.25) is 14.0 Å². The van der Waals surface area contributed by atoms with Crippen molar-refractivity contribution in [1.29, 1.82) is 0 Å². The molecule has 1 atom stereocenters. The van der Waals surface area contributed by atoms with Crippen LogP contribution in [-0.2, 0) is 9.59 Å². The lowest BCUT2D eigenvalue weighted by Crippen LogP contribution is -2.31. The summed E-state index contributed by atoms with van der Waals surface area (Å²) < 4.78 is 1.81. The first-order chi connectivity index (χ1) is 12.4. The first-order valence-corrected chi connectivity index (χ1v) is 9.11. The average Bonchev–Trinajstić information content (AvgIpc) is 3.10. The van der Waals surface area contributed by atoms with Crippen LogP contribution in [-0.4, -0.2) is 36.6 Å². The van der Waals surface area contributed by atoms with Crippen LogP contribution in [0.4, 0.5) is 5.69 Å². The van der Waals surface area contributed by atoms with Gasteiger partial charge in [0.15, 0.2) is 5.16 Å². The predicted octanol–water partition coefficient (Wildman–Crippen LogP) is 2.47. The van der Waals surface area contributed by atoms with Gasteiger partial charge in [-0.25, -0.2) is 9.88 Å². The molecule has 8 heteroatoms. The molecule has 1 aliphatic rings. The van der Waals surface area contributed by atoms with Crippen molar-refractivity contribution in [2.75, 3.05) is 4.90 Å². The summed E-state index contributed by atoms with van der Waals surface area (Å²) in [5.74, 6) is 0.0753. The minimum atomic E-state index is -0.517. The summed E-state index contributed by atoms with van der Waals surface area (Å²) in [7, 11) is 0. The molecule has 3 heterocycles. The Bertz CT molecular complexity index is 1030. The molecule has 1 saturated heterocycles. The number of benzene rings is 1. The van der Waals surface area contributed by atoms with E-state index in [1.165, 1.54) is 16.7 Å². The highest BCUT2D eigenvalue weighted by atomic mass is 32.2. The molecule has 2 amide bonds. The van der Waals surface area contributed by atoms with Crippen molar-refractivity contribution in [2.24, 2.45) is 0 Å². The van der Waals surface area contributed by atoms with Crippen molar-refractivity contribution in [2.45, 2.75) is 37.6 Å². The molecule has 26 heavy (non-hydrogen) atoms. The number of fused-ring (bicyclic) bond motifs is 1. The van der Waals surface area contributed by atoms with Gasteiger partial charge in [0.2, 0.25) is 11.8 Å². The van der Waals surface area contributed by atoms with Gasteiger partial charge in [0, 0.05) is 17.8 Å². The number of nitrogens with zero attached hydrogens (tertiary/aromatic N) is 5. The molecule has 2 aromatic heterocycles. The molecule has 0 aliphatic carbocycles. The van der Waals surface area contributed by atoms with Crippen molar-refractivity contribution in [3.05, 3.63) is 47.3 Å². The molecule has 4 rings (SSSR count). The zero-order chi connectivity index (χ0) is 18.4. The van der Waals surface area contributed by atoms with Crippen LogP contribution in [0.25, 0.3) is 5.78 Å². The summed E-state index contributed by atoms with van der Waals surface area (Å²) >= 11 is 1.26.